The van der Waals surface area contributed by atoms with Gasteiger partial charge in [0.2, 0.25) is 5.95 Å². The molecule has 0 radical (unpaired) electrons. The lowest BCUT2D eigenvalue weighted by Gasteiger charge is -2.40. The number of hydrogen-bond acceptors (Lipinski definition) is 7. The number of amides is 1. The summed E-state index contributed by atoms with van der Waals surface area (Å²) in [6, 6.07) is 2.81. The molecule has 1 aliphatic heterocycles. The largest absolute Gasteiger partial charge is 0.368 e. The van der Waals surface area contributed by atoms with Gasteiger partial charge in [0.25, 0.3) is 5.91 Å². The molecule has 2 atom stereocenters. The smallest absolute Gasteiger partial charge is 0.270 e. The van der Waals surface area contributed by atoms with Crippen molar-refractivity contribution in [3.8, 4) is 0 Å². The minimum absolute atomic E-state index is 0.155. The zero-order chi connectivity index (χ0) is 17.8. The van der Waals surface area contributed by atoms with E-state index < -0.39 is 0 Å². The molecule has 3 rings (SSSR count). The van der Waals surface area contributed by atoms with Crippen molar-refractivity contribution in [2.45, 2.75) is 50.7 Å². The van der Waals surface area contributed by atoms with E-state index in [2.05, 4.69) is 20.6 Å². The highest BCUT2D eigenvalue weighted by molar-refractivity contribution is 8.03. The number of aromatic nitrogens is 2. The summed E-state index contributed by atoms with van der Waals surface area (Å²) in [5.41, 5.74) is 6.92. The lowest BCUT2D eigenvalue weighted by atomic mass is 9.85. The Morgan fingerprint density at radius 3 is 2.48 bits per heavy atom. The van der Waals surface area contributed by atoms with Crippen molar-refractivity contribution in [1.29, 1.82) is 0 Å². The van der Waals surface area contributed by atoms with E-state index in [1.54, 1.807) is 6.07 Å². The lowest BCUT2D eigenvalue weighted by molar-refractivity contribution is 0.0886. The molecule has 0 aromatic carbocycles. The Labute approximate surface area is 157 Å². The van der Waals surface area contributed by atoms with Gasteiger partial charge in [0.15, 0.2) is 0 Å². The van der Waals surface area contributed by atoms with Crippen molar-refractivity contribution in [2.75, 3.05) is 28.7 Å². The van der Waals surface area contributed by atoms with Gasteiger partial charge >= 0.3 is 0 Å². The highest BCUT2D eigenvalue weighted by atomic mass is 32.2. The first-order valence-electron chi connectivity index (χ1n) is 8.90. The van der Waals surface area contributed by atoms with Crippen LogP contribution in [0.2, 0.25) is 0 Å². The van der Waals surface area contributed by atoms with Crippen LogP contribution < -0.4 is 16.4 Å². The third-order valence-corrected chi connectivity index (χ3v) is 7.16. The summed E-state index contributed by atoms with van der Waals surface area (Å²) in [5.74, 6) is 5.00. The van der Waals surface area contributed by atoms with Crippen molar-refractivity contribution in [3.63, 3.8) is 0 Å². The van der Waals surface area contributed by atoms with Crippen LogP contribution in [-0.4, -0.2) is 57.0 Å². The van der Waals surface area contributed by atoms with E-state index in [0.29, 0.717) is 17.8 Å². The van der Waals surface area contributed by atoms with Crippen molar-refractivity contribution >= 4 is 35.4 Å². The van der Waals surface area contributed by atoms with Gasteiger partial charge < -0.3 is 16.4 Å². The zero-order valence-electron chi connectivity index (χ0n) is 14.8. The summed E-state index contributed by atoms with van der Waals surface area (Å²) in [4.78, 5) is 20.9. The van der Waals surface area contributed by atoms with Crippen LogP contribution in [0.15, 0.2) is 6.07 Å². The van der Waals surface area contributed by atoms with Crippen LogP contribution in [0, 0.1) is 0 Å². The van der Waals surface area contributed by atoms with E-state index >= 15 is 0 Å². The standard InChI is InChI=1S/C17H27N5OS2/c1-10(2)14-7-15(22-17(18)21-14)16(23)20-13-4-3-12(13)19-11-8-24-5-6-25-9-11/h7,10-13,19H,3-6,8-9H2,1-2H3,(H,20,23)(H2,18,21,22)/t12-,13+/m1/s1. The molecule has 0 spiro atoms. The second-order valence-electron chi connectivity index (χ2n) is 6.97. The summed E-state index contributed by atoms with van der Waals surface area (Å²) in [7, 11) is 0. The molecule has 1 aliphatic carbocycles. The van der Waals surface area contributed by atoms with Gasteiger partial charge in [-0.05, 0) is 24.8 Å². The first kappa shape index (κ1) is 18.8. The van der Waals surface area contributed by atoms with Crippen LogP contribution in [-0.2, 0) is 0 Å². The molecule has 2 heterocycles. The predicted octanol–water partition coefficient (Wildman–Crippen LogP) is 1.88. The fraction of sp³-hybridized carbons (Fsp3) is 0.706. The van der Waals surface area contributed by atoms with Gasteiger partial charge in [-0.1, -0.05) is 13.8 Å². The van der Waals surface area contributed by atoms with Crippen LogP contribution in [0.4, 0.5) is 5.95 Å². The first-order valence-corrected chi connectivity index (χ1v) is 11.2. The third kappa shape index (κ3) is 5.01. The quantitative estimate of drug-likeness (QED) is 0.717. The monoisotopic (exact) mass is 381 g/mol. The number of thioether (sulfide) groups is 2. The summed E-state index contributed by atoms with van der Waals surface area (Å²) < 4.78 is 0. The van der Waals surface area contributed by atoms with E-state index in [4.69, 9.17) is 5.73 Å². The number of nitrogen functional groups attached to an aromatic ring is 1. The summed E-state index contributed by atoms with van der Waals surface area (Å²) in [6.07, 6.45) is 2.12. The minimum atomic E-state index is -0.155. The number of nitrogens with zero attached hydrogens (tertiary/aromatic N) is 2. The number of nitrogens with one attached hydrogen (secondary N) is 2. The van der Waals surface area contributed by atoms with Gasteiger partial charge in [-0.2, -0.15) is 23.5 Å². The number of carbonyl (C=O) groups is 1. The van der Waals surface area contributed by atoms with E-state index in [0.717, 1.165) is 30.0 Å². The van der Waals surface area contributed by atoms with Gasteiger partial charge in [0.1, 0.15) is 5.69 Å². The number of carbonyl (C=O) groups excluding carboxylic acids is 1. The molecular formula is C17H27N5OS2. The maximum atomic E-state index is 12.6. The Morgan fingerprint density at radius 2 is 1.88 bits per heavy atom. The van der Waals surface area contributed by atoms with E-state index in [1.807, 2.05) is 37.4 Å². The van der Waals surface area contributed by atoms with Crippen LogP contribution in [0.1, 0.15) is 48.8 Å². The molecule has 1 saturated heterocycles. The Bertz CT molecular complexity index is 605. The molecule has 2 fully saturated rings. The Balaban J connectivity index is 1.57. The topological polar surface area (TPSA) is 92.9 Å². The summed E-state index contributed by atoms with van der Waals surface area (Å²) in [6.45, 7) is 4.05. The van der Waals surface area contributed by atoms with E-state index in [9.17, 15) is 4.79 Å². The SMILES string of the molecule is CC(C)c1cc(C(=O)N[C@H]2CC[C@H]2NC2CSCCSC2)nc(N)n1. The summed E-state index contributed by atoms with van der Waals surface area (Å²) >= 11 is 4.03. The normalized spacial score (nSPS) is 24.6. The van der Waals surface area contributed by atoms with Crippen molar-refractivity contribution < 1.29 is 4.79 Å². The molecule has 0 bridgehead atoms. The Morgan fingerprint density at radius 1 is 1.20 bits per heavy atom. The van der Waals surface area contributed by atoms with E-state index in [-0.39, 0.29) is 23.8 Å². The molecule has 8 heteroatoms. The van der Waals surface area contributed by atoms with Crippen LogP contribution in [0.3, 0.4) is 0 Å². The number of nitrogens with two attached hydrogens (primary N) is 1. The lowest BCUT2D eigenvalue weighted by Crippen LogP contribution is -2.59. The first-order chi connectivity index (χ1) is 12.0. The maximum absolute atomic E-state index is 12.6. The highest BCUT2D eigenvalue weighted by Gasteiger charge is 2.34. The Kier molecular flexibility index (Phi) is 6.46. The van der Waals surface area contributed by atoms with Gasteiger partial charge in [0, 0.05) is 46.8 Å². The van der Waals surface area contributed by atoms with Crippen molar-refractivity contribution in [1.82, 2.24) is 20.6 Å². The molecule has 2 aliphatic rings. The molecule has 1 saturated carbocycles. The van der Waals surface area contributed by atoms with Gasteiger partial charge in [-0.3, -0.25) is 4.79 Å². The van der Waals surface area contributed by atoms with Crippen LogP contribution in [0.5, 0.6) is 0 Å². The van der Waals surface area contributed by atoms with E-state index in [1.165, 1.54) is 11.5 Å². The average Bonchev–Trinajstić information content (AvgIpc) is 2.84. The molecular weight excluding hydrogens is 354 g/mol. The molecule has 25 heavy (non-hydrogen) atoms. The van der Waals surface area contributed by atoms with Crippen molar-refractivity contribution in [3.05, 3.63) is 17.5 Å². The average molecular weight is 382 g/mol. The van der Waals surface area contributed by atoms with Crippen LogP contribution in [0.25, 0.3) is 0 Å². The van der Waals surface area contributed by atoms with Gasteiger partial charge in [0.05, 0.1) is 0 Å². The molecule has 0 unspecified atom stereocenters. The fourth-order valence-corrected chi connectivity index (χ4v) is 5.45. The second-order valence-corrected chi connectivity index (χ2v) is 9.27. The Hall–Kier alpha value is -0.990. The molecule has 1 aromatic rings. The van der Waals surface area contributed by atoms with Gasteiger partial charge in [-0.15, -0.1) is 0 Å². The molecule has 1 amide bonds. The number of hydrogen-bond donors (Lipinski definition) is 3. The molecule has 138 valence electrons. The molecule has 4 N–H and O–H groups in total. The van der Waals surface area contributed by atoms with Crippen molar-refractivity contribution in [2.24, 2.45) is 0 Å². The predicted molar refractivity (Wildman–Crippen MR) is 106 cm³/mol. The van der Waals surface area contributed by atoms with Gasteiger partial charge in [-0.25, -0.2) is 9.97 Å². The molecule has 6 nitrogen and oxygen atoms in total. The highest BCUT2D eigenvalue weighted by Crippen LogP contribution is 2.24. The minimum Gasteiger partial charge on any atom is -0.368 e. The third-order valence-electron chi connectivity index (χ3n) is 4.64. The fourth-order valence-electron chi connectivity index (χ4n) is 3.03. The molecule has 1 aromatic heterocycles. The van der Waals surface area contributed by atoms with Crippen LogP contribution >= 0.6 is 23.5 Å². The second kappa shape index (κ2) is 8.60. The maximum Gasteiger partial charge on any atom is 0.270 e. The summed E-state index contributed by atoms with van der Waals surface area (Å²) in [5, 5.41) is 6.85. The number of anilines is 1. The zero-order valence-corrected chi connectivity index (χ0v) is 16.5. The number of rotatable bonds is 5.